The van der Waals surface area contributed by atoms with Gasteiger partial charge >= 0.3 is 0 Å². The molecule has 0 saturated carbocycles. The highest BCUT2D eigenvalue weighted by Crippen LogP contribution is 2.26. The van der Waals surface area contributed by atoms with Crippen molar-refractivity contribution in [3.63, 3.8) is 0 Å². The lowest BCUT2D eigenvalue weighted by atomic mass is 10.2. The molecule has 0 aliphatic heterocycles. The first kappa shape index (κ1) is 12.3. The number of rotatable bonds is 5. The van der Waals surface area contributed by atoms with Crippen LogP contribution in [0.25, 0.3) is 0 Å². The number of benzene rings is 1. The van der Waals surface area contributed by atoms with Crippen molar-refractivity contribution in [1.82, 2.24) is 0 Å². The quantitative estimate of drug-likeness (QED) is 0.765. The molecule has 0 saturated heterocycles. The van der Waals surface area contributed by atoms with Crippen LogP contribution in [0.5, 0.6) is 0 Å². The third-order valence-corrected chi connectivity index (χ3v) is 3.15. The molecule has 0 radical (unpaired) electrons. The van der Waals surface area contributed by atoms with Crippen molar-refractivity contribution in [3.05, 3.63) is 40.8 Å². The first-order valence-corrected chi connectivity index (χ1v) is 6.12. The Balaban J connectivity index is 2.62. The smallest absolute Gasteiger partial charge is 0.0740 e. The Labute approximate surface area is 96.2 Å². The normalized spacial score (nSPS) is 11.8. The van der Waals surface area contributed by atoms with Gasteiger partial charge < -0.3 is 5.11 Å². The van der Waals surface area contributed by atoms with Crippen LogP contribution in [0.4, 0.5) is 0 Å². The fraction of sp³-hybridized carbons (Fsp3) is 0.385. The number of unbranched alkanes of at least 4 members (excludes halogenated alkanes) is 1. The van der Waals surface area contributed by atoms with Crippen molar-refractivity contribution < 1.29 is 5.11 Å². The summed E-state index contributed by atoms with van der Waals surface area (Å²) in [6.45, 7) is 4.36. The van der Waals surface area contributed by atoms with E-state index in [4.69, 9.17) is 0 Å². The van der Waals surface area contributed by atoms with Crippen molar-refractivity contribution in [2.45, 2.75) is 31.6 Å². The topological polar surface area (TPSA) is 20.2 Å². The second-order valence-electron chi connectivity index (χ2n) is 3.53. The van der Waals surface area contributed by atoms with Gasteiger partial charge in [-0.2, -0.15) is 0 Å². The third kappa shape index (κ3) is 4.54. The first-order chi connectivity index (χ1) is 7.26. The van der Waals surface area contributed by atoms with E-state index in [0.29, 0.717) is 0 Å². The number of hydrogen-bond donors (Lipinski definition) is 1. The molecule has 0 heterocycles. The standard InChI is InChI=1S/C13H18OS/c1-3-4-5-13(10-14)15-12-8-6-11(2)7-9-12/h5-9,14H,3-4,10H2,1-2H3/b13-5+. The van der Waals surface area contributed by atoms with Crippen LogP contribution in [0.3, 0.4) is 0 Å². The number of aliphatic hydroxyl groups excluding tert-OH is 1. The monoisotopic (exact) mass is 222 g/mol. The number of hydrogen-bond acceptors (Lipinski definition) is 2. The second-order valence-corrected chi connectivity index (χ2v) is 4.73. The lowest BCUT2D eigenvalue weighted by Gasteiger charge is -2.04. The molecule has 0 aliphatic carbocycles. The van der Waals surface area contributed by atoms with Gasteiger partial charge in [-0.3, -0.25) is 0 Å². The predicted molar refractivity (Wildman–Crippen MR) is 67.1 cm³/mol. The van der Waals surface area contributed by atoms with Gasteiger partial charge in [0, 0.05) is 9.80 Å². The third-order valence-electron chi connectivity index (χ3n) is 2.09. The zero-order valence-corrected chi connectivity index (χ0v) is 10.2. The van der Waals surface area contributed by atoms with Gasteiger partial charge in [0.05, 0.1) is 6.61 Å². The predicted octanol–water partition coefficient (Wildman–Crippen LogP) is 3.76. The minimum absolute atomic E-state index is 0.137. The van der Waals surface area contributed by atoms with E-state index in [2.05, 4.69) is 44.2 Å². The molecule has 0 aromatic heterocycles. The van der Waals surface area contributed by atoms with E-state index in [1.807, 2.05) is 0 Å². The number of thioether (sulfide) groups is 1. The summed E-state index contributed by atoms with van der Waals surface area (Å²) in [6.07, 6.45) is 4.28. The Morgan fingerprint density at radius 1 is 1.33 bits per heavy atom. The molecule has 0 atom stereocenters. The van der Waals surface area contributed by atoms with E-state index >= 15 is 0 Å². The van der Waals surface area contributed by atoms with E-state index in [1.165, 1.54) is 10.5 Å². The van der Waals surface area contributed by atoms with Crippen LogP contribution in [-0.4, -0.2) is 11.7 Å². The molecule has 1 nitrogen and oxygen atoms in total. The zero-order chi connectivity index (χ0) is 11.1. The molecule has 0 bridgehead atoms. The highest BCUT2D eigenvalue weighted by molar-refractivity contribution is 8.03. The summed E-state index contributed by atoms with van der Waals surface area (Å²) >= 11 is 1.65. The maximum Gasteiger partial charge on any atom is 0.0740 e. The Hall–Kier alpha value is -0.730. The van der Waals surface area contributed by atoms with Gasteiger partial charge in [-0.1, -0.05) is 48.9 Å². The van der Waals surface area contributed by atoms with Gasteiger partial charge in [-0.05, 0) is 25.5 Å². The first-order valence-electron chi connectivity index (χ1n) is 5.30. The van der Waals surface area contributed by atoms with E-state index in [9.17, 15) is 5.11 Å². The average molecular weight is 222 g/mol. The zero-order valence-electron chi connectivity index (χ0n) is 9.36. The fourth-order valence-corrected chi connectivity index (χ4v) is 2.04. The molecule has 1 aromatic rings. The molecule has 0 aliphatic rings. The summed E-state index contributed by atoms with van der Waals surface area (Å²) in [7, 11) is 0. The number of aryl methyl sites for hydroxylation is 1. The van der Waals surface area contributed by atoms with Crippen LogP contribution in [0.2, 0.25) is 0 Å². The van der Waals surface area contributed by atoms with Gasteiger partial charge in [-0.15, -0.1) is 0 Å². The lowest BCUT2D eigenvalue weighted by Crippen LogP contribution is -1.85. The molecule has 0 unspecified atom stereocenters. The van der Waals surface area contributed by atoms with E-state index in [0.717, 1.165) is 17.7 Å². The van der Waals surface area contributed by atoms with E-state index < -0.39 is 0 Å². The van der Waals surface area contributed by atoms with Crippen LogP contribution in [0, 0.1) is 6.92 Å². The van der Waals surface area contributed by atoms with E-state index in [1.54, 1.807) is 11.8 Å². The van der Waals surface area contributed by atoms with Crippen molar-refractivity contribution >= 4 is 11.8 Å². The van der Waals surface area contributed by atoms with Crippen molar-refractivity contribution in [1.29, 1.82) is 0 Å². The molecule has 15 heavy (non-hydrogen) atoms. The van der Waals surface area contributed by atoms with E-state index in [-0.39, 0.29) is 6.61 Å². The molecule has 82 valence electrons. The molecule has 1 aromatic carbocycles. The molecule has 0 spiro atoms. The van der Waals surface area contributed by atoms with Gasteiger partial charge in [0.25, 0.3) is 0 Å². The Bertz CT molecular complexity index is 314. The highest BCUT2D eigenvalue weighted by atomic mass is 32.2. The van der Waals surface area contributed by atoms with Crippen molar-refractivity contribution in [3.8, 4) is 0 Å². The minimum atomic E-state index is 0.137. The molecule has 2 heteroatoms. The Morgan fingerprint density at radius 2 is 2.00 bits per heavy atom. The van der Waals surface area contributed by atoms with Crippen molar-refractivity contribution in [2.75, 3.05) is 6.61 Å². The maximum absolute atomic E-state index is 9.18. The summed E-state index contributed by atoms with van der Waals surface area (Å²) in [5.74, 6) is 0. The lowest BCUT2D eigenvalue weighted by molar-refractivity contribution is 0.339. The highest BCUT2D eigenvalue weighted by Gasteiger charge is 1.98. The molecule has 1 rings (SSSR count). The van der Waals surface area contributed by atoms with Gasteiger partial charge in [0.1, 0.15) is 0 Å². The summed E-state index contributed by atoms with van der Waals surface area (Å²) in [6, 6.07) is 8.37. The van der Waals surface area contributed by atoms with Gasteiger partial charge in [-0.25, -0.2) is 0 Å². The number of allylic oxidation sites excluding steroid dienone is 1. The van der Waals surface area contributed by atoms with Crippen LogP contribution in [0.15, 0.2) is 40.1 Å². The maximum atomic E-state index is 9.18. The molecular formula is C13H18OS. The SMILES string of the molecule is CCC/C=C(\CO)Sc1ccc(C)cc1. The summed E-state index contributed by atoms with van der Waals surface area (Å²) in [5, 5.41) is 9.18. The van der Waals surface area contributed by atoms with Crippen LogP contribution in [-0.2, 0) is 0 Å². The van der Waals surface area contributed by atoms with Crippen LogP contribution in [0.1, 0.15) is 25.3 Å². The summed E-state index contributed by atoms with van der Waals surface area (Å²) in [4.78, 5) is 2.23. The van der Waals surface area contributed by atoms with Gasteiger partial charge in [0.2, 0.25) is 0 Å². The largest absolute Gasteiger partial charge is 0.391 e. The minimum Gasteiger partial charge on any atom is -0.391 e. The summed E-state index contributed by atoms with van der Waals surface area (Å²) < 4.78 is 0. The number of aliphatic hydroxyl groups is 1. The Kier molecular flexibility index (Phi) is 5.51. The second kappa shape index (κ2) is 6.70. The van der Waals surface area contributed by atoms with Crippen LogP contribution >= 0.6 is 11.8 Å². The van der Waals surface area contributed by atoms with Crippen molar-refractivity contribution in [2.24, 2.45) is 0 Å². The summed E-state index contributed by atoms with van der Waals surface area (Å²) in [5.41, 5.74) is 1.27. The van der Waals surface area contributed by atoms with Crippen LogP contribution < -0.4 is 0 Å². The Morgan fingerprint density at radius 3 is 2.53 bits per heavy atom. The molecule has 0 amide bonds. The molecule has 0 fully saturated rings. The molecule has 1 N–H and O–H groups in total. The molecular weight excluding hydrogens is 204 g/mol. The fourth-order valence-electron chi connectivity index (χ4n) is 1.20. The van der Waals surface area contributed by atoms with Gasteiger partial charge in [0.15, 0.2) is 0 Å². The average Bonchev–Trinajstić information content (AvgIpc) is 2.27.